The average molecular weight is 1370 g/mol. The van der Waals surface area contributed by atoms with E-state index in [1.807, 2.05) is 71.3 Å². The van der Waals surface area contributed by atoms with Crippen LogP contribution in [0.25, 0.3) is 128 Å². The molecule has 6 nitrogen and oxygen atoms in total. The number of aromatic nitrogens is 4. The second kappa shape index (κ2) is 27.1. The Morgan fingerprint density at radius 3 is 1.72 bits per heavy atom. The first kappa shape index (κ1) is 55.7. The Morgan fingerprint density at radius 1 is 0.529 bits per heavy atom. The molecule has 3 aromatic heterocycles. The van der Waals surface area contributed by atoms with E-state index in [1.165, 1.54) is 11.1 Å². The molecule has 1 aliphatic carbocycles. The molecular formula is C98H94N4O2. The topological polar surface area (TPSA) is 49.0 Å². The molecule has 104 heavy (non-hydrogen) atoms. The summed E-state index contributed by atoms with van der Waals surface area (Å²) in [5.74, 6) is 1.35. The first-order valence-corrected chi connectivity index (χ1v) is 36.8. The molecule has 1 saturated carbocycles. The second-order valence-corrected chi connectivity index (χ2v) is 31.3. The Labute approximate surface area is 629 Å². The van der Waals surface area contributed by atoms with Gasteiger partial charge in [-0.3, -0.25) is 13.7 Å². The largest absolute Gasteiger partial charge is 0.460 e. The predicted molar refractivity (Wildman–Crippen MR) is 435 cm³/mol. The monoisotopic (exact) mass is 1370 g/mol. The van der Waals surface area contributed by atoms with Crippen LogP contribution in [0.15, 0.2) is 259 Å². The van der Waals surface area contributed by atoms with Gasteiger partial charge >= 0.3 is 0 Å². The van der Waals surface area contributed by atoms with Crippen LogP contribution in [0.1, 0.15) is 194 Å². The van der Waals surface area contributed by atoms with E-state index in [2.05, 4.69) is 210 Å². The van der Waals surface area contributed by atoms with Crippen LogP contribution in [0.4, 0.5) is 0 Å². The van der Waals surface area contributed by atoms with Gasteiger partial charge in [-0.1, -0.05) is 278 Å². The van der Waals surface area contributed by atoms with Crippen molar-refractivity contribution in [1.82, 2.24) is 14.1 Å². The van der Waals surface area contributed by atoms with Gasteiger partial charge in [-0.05, 0) is 222 Å². The highest BCUT2D eigenvalue weighted by Gasteiger charge is 2.31. The highest BCUT2D eigenvalue weighted by atomic mass is 16.5. The summed E-state index contributed by atoms with van der Waals surface area (Å²) in [5.41, 5.74) is 19.0. The molecule has 15 aromatic rings. The molecule has 0 unspecified atom stereocenters. The van der Waals surface area contributed by atoms with E-state index in [1.54, 1.807) is 22.8 Å². The summed E-state index contributed by atoms with van der Waals surface area (Å²) in [5, 5.41) is 1.52. The van der Waals surface area contributed by atoms with Crippen molar-refractivity contribution in [1.29, 1.82) is 0 Å². The molecule has 6 heteroatoms. The summed E-state index contributed by atoms with van der Waals surface area (Å²) >= 11 is 0. The van der Waals surface area contributed by atoms with Crippen molar-refractivity contribution in [3.8, 4) is 95.6 Å². The van der Waals surface area contributed by atoms with Crippen LogP contribution in [0, 0.1) is 11.7 Å². The lowest BCUT2D eigenvalue weighted by atomic mass is 9.71. The summed E-state index contributed by atoms with van der Waals surface area (Å²) in [7, 11) is 0. The molecule has 518 valence electrons. The zero-order chi connectivity index (χ0) is 81.5. The fraction of sp³-hybridized carbons (Fsp3) is 0.245. The van der Waals surface area contributed by atoms with Crippen LogP contribution in [-0.2, 0) is 5.41 Å². The van der Waals surface area contributed by atoms with E-state index in [-0.39, 0.29) is 57.0 Å². The highest BCUT2D eigenvalue weighted by Crippen LogP contribution is 2.48. The Morgan fingerprint density at radius 2 is 1.10 bits per heavy atom. The van der Waals surface area contributed by atoms with Gasteiger partial charge in [0.2, 0.25) is 0 Å². The number of para-hydroxylation sites is 4. The van der Waals surface area contributed by atoms with Crippen LogP contribution in [-0.4, -0.2) is 14.1 Å². The fourth-order valence-electron chi connectivity index (χ4n) is 15.5. The van der Waals surface area contributed by atoms with Crippen molar-refractivity contribution in [2.75, 3.05) is 0 Å². The van der Waals surface area contributed by atoms with E-state index in [4.69, 9.17) is 22.4 Å². The van der Waals surface area contributed by atoms with Crippen LogP contribution < -0.4 is 9.30 Å². The maximum absolute atomic E-state index is 9.63. The predicted octanol–water partition coefficient (Wildman–Crippen LogP) is 27.2. The first-order chi connectivity index (χ1) is 54.7. The summed E-state index contributed by atoms with van der Waals surface area (Å²) in [4.78, 5) is 5.59. The number of rotatable bonds is 16. The number of hydrogen-bond acceptors (Lipinski definition) is 3. The van der Waals surface area contributed by atoms with Crippen LogP contribution in [0.3, 0.4) is 0 Å². The third-order valence-corrected chi connectivity index (χ3v) is 21.3. The molecule has 0 atom stereocenters. The van der Waals surface area contributed by atoms with E-state index in [0.29, 0.717) is 44.8 Å². The highest BCUT2D eigenvalue weighted by molar-refractivity contribution is 6.08. The van der Waals surface area contributed by atoms with E-state index < -0.39 is 71.7 Å². The van der Waals surface area contributed by atoms with Crippen LogP contribution in [0.2, 0.25) is 0 Å². The van der Waals surface area contributed by atoms with E-state index in [9.17, 15) is 6.85 Å². The van der Waals surface area contributed by atoms with Gasteiger partial charge in [0.1, 0.15) is 34.2 Å². The Kier molecular flexibility index (Phi) is 14.5. The molecule has 3 heterocycles. The first-order valence-electron chi connectivity index (χ1n) is 42.3. The number of furan rings is 1. The zero-order valence-electron chi connectivity index (χ0n) is 72.7. The molecular weight excluding hydrogens is 1270 g/mol. The second-order valence-electron chi connectivity index (χ2n) is 31.3. The molecule has 0 aliphatic heterocycles. The van der Waals surface area contributed by atoms with E-state index >= 15 is 0 Å². The molecule has 0 amide bonds. The van der Waals surface area contributed by atoms with E-state index in [0.717, 1.165) is 115 Å². The Hall–Kier alpha value is -10.8. The number of hydrogen-bond donors (Lipinski definition) is 0. The summed E-state index contributed by atoms with van der Waals surface area (Å²) < 4.78 is 123. The van der Waals surface area contributed by atoms with Crippen LogP contribution in [0.5, 0.6) is 11.5 Å². The third kappa shape index (κ3) is 12.6. The molecule has 1 aliphatic rings. The molecule has 0 radical (unpaired) electrons. The number of nitrogens with zero attached hydrogens (tertiary/aromatic N) is 4. The van der Waals surface area contributed by atoms with Crippen molar-refractivity contribution >= 4 is 44.0 Å². The molecule has 0 saturated heterocycles. The summed E-state index contributed by atoms with van der Waals surface area (Å²) in [6, 6.07) is 60.4. The molecule has 12 aromatic carbocycles. The number of ether oxygens (including phenoxy) is 1. The van der Waals surface area contributed by atoms with Gasteiger partial charge in [0.25, 0.3) is 6.33 Å². The maximum atomic E-state index is 9.63. The van der Waals surface area contributed by atoms with Gasteiger partial charge in [0.05, 0.1) is 47.1 Å². The number of benzene rings is 12. The fourth-order valence-corrected chi connectivity index (χ4v) is 15.5. The lowest BCUT2D eigenvalue weighted by Crippen LogP contribution is -2.31. The molecule has 0 bridgehead atoms. The minimum atomic E-state index is -0.607. The third-order valence-electron chi connectivity index (χ3n) is 21.3. The molecule has 16 rings (SSSR count). The van der Waals surface area contributed by atoms with Crippen molar-refractivity contribution in [3.05, 3.63) is 294 Å². The van der Waals surface area contributed by atoms with Crippen molar-refractivity contribution in [2.24, 2.45) is 5.41 Å². The van der Waals surface area contributed by atoms with Gasteiger partial charge in [-0.2, -0.15) is 0 Å². The quantitative estimate of drug-likeness (QED) is 0.0715. The van der Waals surface area contributed by atoms with Gasteiger partial charge < -0.3 is 9.15 Å². The van der Waals surface area contributed by atoms with Gasteiger partial charge in [-0.25, -0.2) is 4.98 Å². The average Bonchev–Trinajstić information content (AvgIpc) is 1.38. The van der Waals surface area contributed by atoms with Crippen molar-refractivity contribution in [2.45, 2.75) is 151 Å². The van der Waals surface area contributed by atoms with Gasteiger partial charge in [0, 0.05) is 17.7 Å². The normalized spacial score (nSPS) is 15.5. The zero-order valence-corrected chi connectivity index (χ0v) is 61.7. The minimum Gasteiger partial charge on any atom is -0.460 e. The standard InChI is InChI=1S/C98H94N4O2/c1-61(2)81-52-72(65-28-17-14-18-29-65)53-82(62(3)4)92(81)71-44-45-88-89(56-71)101(93-78(69-30-19-15-20-31-69)35-27-36-79(93)70-32-21-16-22-33-70)60-100(88)90-59-77(58-85-80-34-23-26-39-91(80)104-95(85)90)103-76-51-74(50-75(57-76)97(9,10)11)96-99-86-37-24-25-38-87(86)102(96)94-83(63(5)6)54-73(55-84(94)64(7)8)67-42-40-66(41-43-67)68-46-48-98(12,13)49-47-68/h14-45,50-59,61-64,68H,46-49H2,1-13H3/i15D,16D,19D,20D,21D,22D,30D,31D,32D,33D,68D. The lowest BCUT2D eigenvalue weighted by molar-refractivity contribution is -0.571. The minimum absolute atomic E-state index is 0.0298. The van der Waals surface area contributed by atoms with Crippen molar-refractivity contribution in [3.63, 3.8) is 0 Å². The summed E-state index contributed by atoms with van der Waals surface area (Å²) in [6.45, 7) is 29.0. The molecule has 1 fully saturated rings. The Balaban J connectivity index is 0.933. The van der Waals surface area contributed by atoms with Crippen molar-refractivity contribution < 1.29 is 28.8 Å². The number of imidazole rings is 2. The maximum Gasteiger partial charge on any atom is 0.270 e. The summed E-state index contributed by atoms with van der Waals surface area (Å²) in [6.07, 6.45) is 7.51. The Bertz CT molecular complexity index is 6220. The van der Waals surface area contributed by atoms with Gasteiger partial charge in [-0.15, -0.1) is 0 Å². The molecule has 0 N–H and O–H groups in total. The van der Waals surface area contributed by atoms with Gasteiger partial charge in [0.15, 0.2) is 0 Å². The number of fused-ring (bicyclic) bond motifs is 5. The molecule has 0 spiro atoms. The van der Waals surface area contributed by atoms with Crippen LogP contribution >= 0.6 is 0 Å². The smallest absolute Gasteiger partial charge is 0.270 e. The lowest BCUT2D eigenvalue weighted by Gasteiger charge is -2.34. The SMILES string of the molecule is [2H]c1c([2H])c([2H])c(-c2cccc(-c3c([2H])c([2H])c([2H])c([2H])c3[2H])c2-[n+]2[c-]n(-c3cc(Oc4cc(-c5nc6ccccc6n5-c5c(C(C)C)cc(-c6ccc(C7([2H])CCC(C)(C)CC7)cc6)cc5C(C)C)cc(C(C)(C)C)c4)cc4c3oc3ccccc34)c3ccc(-c4c(C(C)C)cc(-c5ccccc5)cc4C(C)C)cc32)c([2H])c1[2H].